The maximum absolute atomic E-state index is 4.40. The van der Waals surface area contributed by atoms with Crippen LogP contribution in [0.5, 0.6) is 0 Å². The minimum atomic E-state index is 0. The lowest BCUT2D eigenvalue weighted by molar-refractivity contribution is 0.402. The first-order valence-corrected chi connectivity index (χ1v) is 8.24. The Bertz CT molecular complexity index is 678. The van der Waals surface area contributed by atoms with Gasteiger partial charge in [0, 0.05) is 46.1 Å². The van der Waals surface area contributed by atoms with Gasteiger partial charge in [0.05, 0.1) is 6.54 Å². The van der Waals surface area contributed by atoms with Crippen LogP contribution < -0.4 is 5.32 Å². The smallest absolute Gasteiger partial charge is 0.194 e. The van der Waals surface area contributed by atoms with Crippen molar-refractivity contribution in [1.82, 2.24) is 19.7 Å². The fourth-order valence-corrected chi connectivity index (χ4v) is 2.75. The molecular formula is C19H30IN5. The van der Waals surface area contributed by atoms with E-state index in [0.717, 1.165) is 25.6 Å². The molecule has 138 valence electrons. The zero-order valence-electron chi connectivity index (χ0n) is 15.9. The zero-order valence-corrected chi connectivity index (χ0v) is 18.2. The minimum Gasteiger partial charge on any atom is -0.353 e. The molecule has 0 fully saturated rings. The van der Waals surface area contributed by atoms with Gasteiger partial charge in [-0.1, -0.05) is 24.3 Å². The van der Waals surface area contributed by atoms with E-state index >= 15 is 0 Å². The van der Waals surface area contributed by atoms with E-state index < -0.39 is 0 Å². The fourth-order valence-electron chi connectivity index (χ4n) is 2.75. The van der Waals surface area contributed by atoms with Crippen molar-refractivity contribution in [2.24, 2.45) is 12.0 Å². The van der Waals surface area contributed by atoms with Crippen LogP contribution in [0.1, 0.15) is 16.8 Å². The maximum atomic E-state index is 4.40. The highest BCUT2D eigenvalue weighted by atomic mass is 127. The molecule has 0 amide bonds. The van der Waals surface area contributed by atoms with Crippen LogP contribution in [0.15, 0.2) is 47.6 Å². The largest absolute Gasteiger partial charge is 0.353 e. The number of aromatic nitrogens is 1. The van der Waals surface area contributed by atoms with E-state index in [1.165, 1.54) is 16.8 Å². The highest BCUT2D eigenvalue weighted by molar-refractivity contribution is 14.0. The Morgan fingerprint density at radius 2 is 1.80 bits per heavy atom. The molecule has 0 radical (unpaired) electrons. The molecule has 0 bridgehead atoms. The Morgan fingerprint density at radius 1 is 1.08 bits per heavy atom. The van der Waals surface area contributed by atoms with E-state index in [1.54, 1.807) is 0 Å². The third kappa shape index (κ3) is 6.70. The van der Waals surface area contributed by atoms with E-state index in [0.29, 0.717) is 0 Å². The summed E-state index contributed by atoms with van der Waals surface area (Å²) in [4.78, 5) is 8.72. The van der Waals surface area contributed by atoms with E-state index in [2.05, 4.69) is 95.5 Å². The second kappa shape index (κ2) is 10.5. The first-order valence-electron chi connectivity index (χ1n) is 8.24. The summed E-state index contributed by atoms with van der Waals surface area (Å²) in [7, 11) is 10.1. The van der Waals surface area contributed by atoms with E-state index in [-0.39, 0.29) is 24.0 Å². The summed E-state index contributed by atoms with van der Waals surface area (Å²) in [6, 6.07) is 12.9. The molecule has 0 saturated heterocycles. The molecule has 0 aliphatic rings. The van der Waals surface area contributed by atoms with Crippen LogP contribution in [0.25, 0.3) is 0 Å². The minimum absolute atomic E-state index is 0. The van der Waals surface area contributed by atoms with Crippen LogP contribution in [0.3, 0.4) is 0 Å². The molecule has 1 aromatic heterocycles. The number of nitrogens with zero attached hydrogens (tertiary/aromatic N) is 4. The van der Waals surface area contributed by atoms with Gasteiger partial charge in [-0.25, -0.2) is 0 Å². The first-order chi connectivity index (χ1) is 11.5. The Hall–Kier alpha value is -1.54. The molecule has 1 aromatic carbocycles. The second-order valence-electron chi connectivity index (χ2n) is 6.42. The molecule has 2 rings (SSSR count). The van der Waals surface area contributed by atoms with Crippen LogP contribution in [0.2, 0.25) is 0 Å². The molecule has 0 spiro atoms. The summed E-state index contributed by atoms with van der Waals surface area (Å²) >= 11 is 0. The van der Waals surface area contributed by atoms with E-state index in [1.807, 2.05) is 7.05 Å². The number of rotatable bonds is 6. The number of halogens is 1. The van der Waals surface area contributed by atoms with Gasteiger partial charge in [-0.15, -0.1) is 24.0 Å². The van der Waals surface area contributed by atoms with Gasteiger partial charge >= 0.3 is 0 Å². The Labute approximate surface area is 168 Å². The molecule has 1 heterocycles. The van der Waals surface area contributed by atoms with Gasteiger partial charge in [0.25, 0.3) is 0 Å². The monoisotopic (exact) mass is 455 g/mol. The van der Waals surface area contributed by atoms with Crippen LogP contribution in [-0.4, -0.2) is 48.5 Å². The van der Waals surface area contributed by atoms with Gasteiger partial charge in [0.2, 0.25) is 0 Å². The van der Waals surface area contributed by atoms with Gasteiger partial charge in [-0.05, 0) is 37.4 Å². The lowest BCUT2D eigenvalue weighted by Gasteiger charge is -2.22. The molecular weight excluding hydrogens is 425 g/mol. The Balaban J connectivity index is 0.00000312. The summed E-state index contributed by atoms with van der Waals surface area (Å²) in [5, 5.41) is 3.45. The molecule has 6 heteroatoms. The molecule has 0 aliphatic carbocycles. The summed E-state index contributed by atoms with van der Waals surface area (Å²) in [5.74, 6) is 0.897. The number of hydrogen-bond donors (Lipinski definition) is 1. The van der Waals surface area contributed by atoms with Gasteiger partial charge in [0.1, 0.15) is 0 Å². The third-order valence-corrected chi connectivity index (χ3v) is 3.96. The molecule has 0 atom stereocenters. The van der Waals surface area contributed by atoms with E-state index in [4.69, 9.17) is 0 Å². The molecule has 0 saturated carbocycles. The Kier molecular flexibility index (Phi) is 8.99. The number of benzene rings is 1. The van der Waals surface area contributed by atoms with Crippen LogP contribution >= 0.6 is 24.0 Å². The average molecular weight is 455 g/mol. The first kappa shape index (κ1) is 21.5. The summed E-state index contributed by atoms with van der Waals surface area (Å²) in [6.45, 7) is 2.55. The molecule has 1 N–H and O–H groups in total. The molecule has 25 heavy (non-hydrogen) atoms. The predicted molar refractivity (Wildman–Crippen MR) is 116 cm³/mol. The van der Waals surface area contributed by atoms with Crippen molar-refractivity contribution >= 4 is 29.9 Å². The average Bonchev–Trinajstić information content (AvgIpc) is 2.93. The summed E-state index contributed by atoms with van der Waals surface area (Å²) in [5.41, 5.74) is 3.85. The number of nitrogens with one attached hydrogen (secondary N) is 1. The number of aryl methyl sites for hydroxylation is 1. The van der Waals surface area contributed by atoms with Crippen molar-refractivity contribution in [2.45, 2.75) is 19.6 Å². The standard InChI is InChI=1S/C19H29N5.HI/c1-20-19(24(5)15-18-10-7-11-23(18)4)21-13-16-8-6-9-17(12-16)14-22(2)3;/h6-12H,13-15H2,1-5H3,(H,20,21);1H. The third-order valence-electron chi connectivity index (χ3n) is 3.96. The highest BCUT2D eigenvalue weighted by Crippen LogP contribution is 2.08. The van der Waals surface area contributed by atoms with Crippen LogP contribution in [0, 0.1) is 0 Å². The zero-order chi connectivity index (χ0) is 17.5. The van der Waals surface area contributed by atoms with Gasteiger partial charge in [-0.2, -0.15) is 0 Å². The number of aliphatic imine (C=N–C) groups is 1. The van der Waals surface area contributed by atoms with Gasteiger partial charge in [0.15, 0.2) is 5.96 Å². The second-order valence-corrected chi connectivity index (χ2v) is 6.42. The van der Waals surface area contributed by atoms with Crippen LogP contribution in [-0.2, 0) is 26.7 Å². The van der Waals surface area contributed by atoms with Crippen LogP contribution in [0.4, 0.5) is 0 Å². The van der Waals surface area contributed by atoms with Crippen molar-refractivity contribution in [3.05, 3.63) is 59.4 Å². The fraction of sp³-hybridized carbons (Fsp3) is 0.421. The van der Waals surface area contributed by atoms with Gasteiger partial charge in [-0.3, -0.25) is 4.99 Å². The maximum Gasteiger partial charge on any atom is 0.194 e. The number of guanidine groups is 1. The highest BCUT2D eigenvalue weighted by Gasteiger charge is 2.08. The van der Waals surface area contributed by atoms with Crippen molar-refractivity contribution in [1.29, 1.82) is 0 Å². The topological polar surface area (TPSA) is 35.8 Å². The van der Waals surface area contributed by atoms with Crippen molar-refractivity contribution in [3.8, 4) is 0 Å². The van der Waals surface area contributed by atoms with Crippen molar-refractivity contribution in [2.75, 3.05) is 28.2 Å². The molecule has 0 unspecified atom stereocenters. The van der Waals surface area contributed by atoms with Crippen molar-refractivity contribution < 1.29 is 0 Å². The van der Waals surface area contributed by atoms with Crippen molar-refractivity contribution in [3.63, 3.8) is 0 Å². The molecule has 5 nitrogen and oxygen atoms in total. The Morgan fingerprint density at radius 3 is 2.40 bits per heavy atom. The number of hydrogen-bond acceptors (Lipinski definition) is 2. The summed E-state index contributed by atoms with van der Waals surface area (Å²) < 4.78 is 2.13. The quantitative estimate of drug-likeness (QED) is 0.414. The lowest BCUT2D eigenvalue weighted by Crippen LogP contribution is -2.38. The molecule has 2 aromatic rings. The SMILES string of the molecule is CN=C(NCc1cccc(CN(C)C)c1)N(C)Cc1cccn1C.I. The normalized spacial score (nSPS) is 11.4. The summed E-state index contributed by atoms with van der Waals surface area (Å²) in [6.07, 6.45) is 2.07. The predicted octanol–water partition coefficient (Wildman–Crippen LogP) is 2.91. The van der Waals surface area contributed by atoms with Gasteiger partial charge < -0.3 is 19.7 Å². The van der Waals surface area contributed by atoms with E-state index in [9.17, 15) is 0 Å². The molecule has 0 aliphatic heterocycles. The lowest BCUT2D eigenvalue weighted by atomic mass is 10.1.